The van der Waals surface area contributed by atoms with Gasteiger partial charge in [-0.15, -0.1) is 0 Å². The molecule has 1 fully saturated rings. The number of carbonyl (C=O) groups excluding carboxylic acids is 2. The number of Topliss-reactive ketones (excluding diaryl/α,β-unsaturated/α-hetero) is 2. The van der Waals surface area contributed by atoms with Gasteiger partial charge in [0, 0.05) is 47.1 Å². The van der Waals surface area contributed by atoms with Gasteiger partial charge in [0.15, 0.2) is 11.6 Å². The number of ketones is 2. The summed E-state index contributed by atoms with van der Waals surface area (Å²) in [5.41, 5.74) is 3.75. The molecule has 0 bridgehead atoms. The summed E-state index contributed by atoms with van der Waals surface area (Å²) >= 11 is 0. The molecule has 0 amide bonds. The molecule has 0 radical (unpaired) electrons. The van der Waals surface area contributed by atoms with Gasteiger partial charge in [-0.1, -0.05) is 43.5 Å². The van der Waals surface area contributed by atoms with Gasteiger partial charge in [0.05, 0.1) is 10.5 Å². The van der Waals surface area contributed by atoms with E-state index in [-0.39, 0.29) is 33.2 Å². The first kappa shape index (κ1) is 19.4. The quantitative estimate of drug-likeness (QED) is 0.294. The monoisotopic (exact) mass is 414 g/mol. The van der Waals surface area contributed by atoms with Crippen LogP contribution in [-0.4, -0.2) is 23.5 Å². The van der Waals surface area contributed by atoms with Crippen molar-refractivity contribution in [2.75, 3.05) is 11.9 Å². The predicted molar refractivity (Wildman–Crippen MR) is 118 cm³/mol. The minimum Gasteiger partial charge on any atom is -0.347 e. The van der Waals surface area contributed by atoms with Crippen LogP contribution in [0.3, 0.4) is 0 Å². The average molecular weight is 414 g/mol. The zero-order valence-corrected chi connectivity index (χ0v) is 17.3. The molecule has 6 nitrogen and oxygen atoms in total. The van der Waals surface area contributed by atoms with Gasteiger partial charge >= 0.3 is 0 Å². The van der Waals surface area contributed by atoms with Gasteiger partial charge in [-0.3, -0.25) is 19.7 Å². The summed E-state index contributed by atoms with van der Waals surface area (Å²) in [6, 6.07) is 11.9. The van der Waals surface area contributed by atoms with Crippen molar-refractivity contribution in [2.24, 2.45) is 0 Å². The number of non-ortho nitro benzene ring substituents is 1. The van der Waals surface area contributed by atoms with E-state index < -0.39 is 0 Å². The zero-order chi connectivity index (χ0) is 21.8. The van der Waals surface area contributed by atoms with Gasteiger partial charge in [0.1, 0.15) is 0 Å². The number of benzene rings is 2. The van der Waals surface area contributed by atoms with Crippen molar-refractivity contribution in [1.29, 1.82) is 0 Å². The van der Waals surface area contributed by atoms with Gasteiger partial charge in [-0.25, -0.2) is 0 Å². The Kier molecular flexibility index (Phi) is 4.39. The summed E-state index contributed by atoms with van der Waals surface area (Å²) in [5.74, 6) is -0.493. The highest BCUT2D eigenvalue weighted by Gasteiger charge is 2.47. The summed E-state index contributed by atoms with van der Waals surface area (Å²) in [6.45, 7) is 0. The molecule has 0 N–H and O–H groups in total. The molecule has 0 saturated heterocycles. The van der Waals surface area contributed by atoms with E-state index in [1.807, 2.05) is 13.1 Å². The number of likely N-dealkylation sites (N-methyl/N-ethyl adjacent to an activating group) is 1. The number of carbonyl (C=O) groups is 2. The lowest BCUT2D eigenvalue weighted by Gasteiger charge is -2.36. The molecule has 6 heteroatoms. The Morgan fingerprint density at radius 1 is 0.968 bits per heavy atom. The number of nitro groups is 1. The molecule has 1 heterocycles. The fourth-order valence-corrected chi connectivity index (χ4v) is 5.44. The number of nitrogens with zero attached hydrogens (tertiary/aromatic N) is 2. The lowest BCUT2D eigenvalue weighted by atomic mass is 9.68. The van der Waals surface area contributed by atoms with Gasteiger partial charge in [0.2, 0.25) is 0 Å². The van der Waals surface area contributed by atoms with E-state index in [1.54, 1.807) is 42.5 Å². The molecule has 156 valence electrons. The summed E-state index contributed by atoms with van der Waals surface area (Å²) in [6.07, 6.45) is 8.52. The first-order valence-corrected chi connectivity index (χ1v) is 10.6. The molecular weight excluding hydrogens is 392 g/mol. The second-order valence-electron chi connectivity index (χ2n) is 8.50. The number of allylic oxidation sites excluding steroid dienone is 4. The minimum absolute atomic E-state index is 0.0910. The molecule has 2 aromatic carbocycles. The molecule has 2 aliphatic carbocycles. The molecule has 1 spiro atoms. The predicted octanol–water partition coefficient (Wildman–Crippen LogP) is 5.14. The number of anilines is 1. The van der Waals surface area contributed by atoms with Crippen molar-refractivity contribution in [3.05, 3.63) is 92.7 Å². The van der Waals surface area contributed by atoms with Crippen LogP contribution in [-0.2, 0) is 5.41 Å². The minimum atomic E-state index is -0.354. The number of nitro benzene ring substituents is 1. The largest absolute Gasteiger partial charge is 0.347 e. The lowest BCUT2D eigenvalue weighted by Crippen LogP contribution is -2.31. The van der Waals surface area contributed by atoms with Crippen LogP contribution >= 0.6 is 0 Å². The van der Waals surface area contributed by atoms with E-state index in [2.05, 4.69) is 4.90 Å². The third-order valence-corrected chi connectivity index (χ3v) is 6.94. The summed E-state index contributed by atoms with van der Waals surface area (Å²) in [4.78, 5) is 38.7. The first-order valence-electron chi connectivity index (χ1n) is 10.6. The van der Waals surface area contributed by atoms with Crippen molar-refractivity contribution in [1.82, 2.24) is 0 Å². The van der Waals surface area contributed by atoms with E-state index in [0.717, 1.165) is 49.1 Å². The van der Waals surface area contributed by atoms with Gasteiger partial charge in [0.25, 0.3) is 5.69 Å². The van der Waals surface area contributed by atoms with E-state index in [9.17, 15) is 19.7 Å². The molecule has 2 aromatic rings. The maximum atomic E-state index is 12.8. The molecule has 0 atom stereocenters. The number of hydrogen-bond donors (Lipinski definition) is 0. The molecule has 5 rings (SSSR count). The number of rotatable bonds is 2. The van der Waals surface area contributed by atoms with Crippen LogP contribution < -0.4 is 4.90 Å². The van der Waals surface area contributed by atoms with Crippen molar-refractivity contribution >= 4 is 22.9 Å². The summed E-state index contributed by atoms with van der Waals surface area (Å²) < 4.78 is 0. The van der Waals surface area contributed by atoms with Crippen molar-refractivity contribution in [2.45, 2.75) is 37.5 Å². The number of hydrogen-bond acceptors (Lipinski definition) is 5. The normalized spacial score (nSPS) is 20.4. The SMILES string of the molecule is CN1/C(=C/C=C2C(=O)c3ccccc3C2=O)C2(CCCCC2)c2cc([N+](=O)[O-])ccc21. The van der Waals surface area contributed by atoms with E-state index >= 15 is 0 Å². The second-order valence-corrected chi connectivity index (χ2v) is 8.50. The van der Waals surface area contributed by atoms with Gasteiger partial charge in [-0.2, -0.15) is 0 Å². The molecule has 1 aliphatic heterocycles. The second kappa shape index (κ2) is 7.01. The highest BCUT2D eigenvalue weighted by atomic mass is 16.6. The van der Waals surface area contributed by atoms with Crippen LogP contribution in [0.25, 0.3) is 0 Å². The molecule has 3 aliphatic rings. The van der Waals surface area contributed by atoms with Crippen LogP contribution in [0.5, 0.6) is 0 Å². The fourth-order valence-electron chi connectivity index (χ4n) is 5.44. The topological polar surface area (TPSA) is 80.5 Å². The average Bonchev–Trinajstić information content (AvgIpc) is 3.16. The Hall–Kier alpha value is -3.54. The number of fused-ring (bicyclic) bond motifs is 3. The van der Waals surface area contributed by atoms with Crippen LogP contribution in [0.1, 0.15) is 58.4 Å². The Balaban J connectivity index is 1.62. The highest BCUT2D eigenvalue weighted by molar-refractivity contribution is 6.39. The maximum absolute atomic E-state index is 12.8. The van der Waals surface area contributed by atoms with Gasteiger partial charge in [-0.05, 0) is 36.6 Å². The van der Waals surface area contributed by atoms with Crippen LogP contribution in [0.4, 0.5) is 11.4 Å². The van der Waals surface area contributed by atoms with E-state index in [0.29, 0.717) is 11.1 Å². The summed E-state index contributed by atoms with van der Waals surface area (Å²) in [5, 5.41) is 11.4. The standard InChI is InChI=1S/C25H22N2O4/c1-26-21-11-9-16(27(30)31)15-20(21)25(13-5-2-6-14-25)22(26)12-10-19-23(28)17-7-3-4-8-18(17)24(19)29/h3-4,7-12,15H,2,5-6,13-14H2,1H3/b22-12+. The van der Waals surface area contributed by atoms with Crippen molar-refractivity contribution in [3.8, 4) is 0 Å². The fraction of sp³-hybridized carbons (Fsp3) is 0.280. The smallest absolute Gasteiger partial charge is 0.269 e. The molecule has 1 saturated carbocycles. The summed E-state index contributed by atoms with van der Waals surface area (Å²) in [7, 11) is 1.95. The van der Waals surface area contributed by atoms with E-state index in [1.165, 1.54) is 6.07 Å². The first-order chi connectivity index (χ1) is 14.9. The van der Waals surface area contributed by atoms with Crippen molar-refractivity contribution < 1.29 is 14.5 Å². The van der Waals surface area contributed by atoms with Crippen LogP contribution in [0.2, 0.25) is 0 Å². The lowest BCUT2D eigenvalue weighted by molar-refractivity contribution is -0.384. The molecular formula is C25H22N2O4. The Labute approximate surface area is 180 Å². The molecule has 31 heavy (non-hydrogen) atoms. The van der Waals surface area contributed by atoms with Crippen LogP contribution in [0.15, 0.2) is 65.9 Å². The highest BCUT2D eigenvalue weighted by Crippen LogP contribution is 2.55. The van der Waals surface area contributed by atoms with Gasteiger partial charge < -0.3 is 4.90 Å². The third kappa shape index (κ3) is 2.78. The Bertz CT molecular complexity index is 1160. The Morgan fingerprint density at radius 2 is 1.61 bits per heavy atom. The van der Waals surface area contributed by atoms with E-state index in [4.69, 9.17) is 0 Å². The maximum Gasteiger partial charge on any atom is 0.269 e. The molecule has 0 aromatic heterocycles. The van der Waals surface area contributed by atoms with Crippen LogP contribution in [0, 0.1) is 10.1 Å². The third-order valence-electron chi connectivity index (χ3n) is 6.94. The van der Waals surface area contributed by atoms with Crippen molar-refractivity contribution in [3.63, 3.8) is 0 Å². The Morgan fingerprint density at radius 3 is 2.23 bits per heavy atom. The zero-order valence-electron chi connectivity index (χ0n) is 17.3. The molecule has 0 unspecified atom stereocenters.